The molecule has 0 bridgehead atoms. The van der Waals surface area contributed by atoms with Gasteiger partial charge in [0.2, 0.25) is 10.0 Å². The third-order valence-corrected chi connectivity index (χ3v) is 5.49. The van der Waals surface area contributed by atoms with Crippen LogP contribution in [0.25, 0.3) is 0 Å². The predicted octanol–water partition coefficient (Wildman–Crippen LogP) is 1.71. The lowest BCUT2D eigenvalue weighted by Crippen LogP contribution is -2.22. The standard InChI is InChI=1S/C12H17N3O3S2/c1-9(2)13-8-11-3-4-12(19-11)20(16,17)15-7-10-5-6-14-18-10/h3-6,9,13,15H,7-8H2,1-2H3. The molecule has 0 fully saturated rings. The van der Waals surface area contributed by atoms with Crippen molar-refractivity contribution in [2.75, 3.05) is 0 Å². The van der Waals surface area contributed by atoms with Crippen molar-refractivity contribution in [3.05, 3.63) is 35.0 Å². The zero-order chi connectivity index (χ0) is 14.6. The number of hydrogen-bond donors (Lipinski definition) is 2. The van der Waals surface area contributed by atoms with Crippen LogP contribution in [0.2, 0.25) is 0 Å². The first kappa shape index (κ1) is 15.2. The smallest absolute Gasteiger partial charge is 0.250 e. The first-order valence-electron chi connectivity index (χ1n) is 6.19. The molecule has 0 unspecified atom stereocenters. The van der Waals surface area contributed by atoms with Gasteiger partial charge in [-0.2, -0.15) is 0 Å². The topological polar surface area (TPSA) is 84.2 Å². The van der Waals surface area contributed by atoms with E-state index in [2.05, 4.69) is 15.2 Å². The van der Waals surface area contributed by atoms with E-state index in [1.54, 1.807) is 12.1 Å². The van der Waals surface area contributed by atoms with E-state index in [9.17, 15) is 8.42 Å². The highest BCUT2D eigenvalue weighted by Crippen LogP contribution is 2.21. The Morgan fingerprint density at radius 1 is 1.30 bits per heavy atom. The molecule has 8 heteroatoms. The first-order chi connectivity index (χ1) is 9.47. The van der Waals surface area contributed by atoms with Crippen LogP contribution >= 0.6 is 11.3 Å². The van der Waals surface area contributed by atoms with Crippen molar-refractivity contribution in [1.29, 1.82) is 0 Å². The van der Waals surface area contributed by atoms with E-state index in [1.807, 2.05) is 19.9 Å². The van der Waals surface area contributed by atoms with E-state index in [0.717, 1.165) is 4.88 Å². The highest BCUT2D eigenvalue weighted by Gasteiger charge is 2.17. The molecule has 2 rings (SSSR count). The van der Waals surface area contributed by atoms with Gasteiger partial charge in [0.25, 0.3) is 0 Å². The molecule has 0 saturated heterocycles. The van der Waals surface area contributed by atoms with Gasteiger partial charge >= 0.3 is 0 Å². The molecular weight excluding hydrogens is 298 g/mol. The molecule has 0 spiro atoms. The molecule has 0 radical (unpaired) electrons. The zero-order valence-corrected chi connectivity index (χ0v) is 12.9. The van der Waals surface area contributed by atoms with E-state index >= 15 is 0 Å². The SMILES string of the molecule is CC(C)NCc1ccc(S(=O)(=O)NCc2ccno2)s1. The molecule has 110 valence electrons. The third kappa shape index (κ3) is 4.14. The summed E-state index contributed by atoms with van der Waals surface area (Å²) in [5.41, 5.74) is 0. The number of nitrogens with zero attached hydrogens (tertiary/aromatic N) is 1. The maximum absolute atomic E-state index is 12.1. The van der Waals surface area contributed by atoms with E-state index in [4.69, 9.17) is 4.52 Å². The van der Waals surface area contributed by atoms with Crippen molar-refractivity contribution in [2.24, 2.45) is 0 Å². The summed E-state index contributed by atoms with van der Waals surface area (Å²) in [5, 5.41) is 6.78. The maximum atomic E-state index is 12.1. The number of sulfonamides is 1. The van der Waals surface area contributed by atoms with Crippen molar-refractivity contribution in [2.45, 2.75) is 37.2 Å². The Morgan fingerprint density at radius 2 is 2.10 bits per heavy atom. The molecule has 2 N–H and O–H groups in total. The normalized spacial score (nSPS) is 12.2. The van der Waals surface area contributed by atoms with Gasteiger partial charge in [-0.3, -0.25) is 0 Å². The van der Waals surface area contributed by atoms with Crippen molar-refractivity contribution >= 4 is 21.4 Å². The molecule has 2 aromatic rings. The minimum atomic E-state index is -3.50. The molecule has 2 heterocycles. The number of thiophene rings is 1. The Morgan fingerprint density at radius 3 is 2.75 bits per heavy atom. The van der Waals surface area contributed by atoms with Crippen LogP contribution in [0.1, 0.15) is 24.5 Å². The number of nitrogens with one attached hydrogen (secondary N) is 2. The summed E-state index contributed by atoms with van der Waals surface area (Å²) in [7, 11) is -3.50. The summed E-state index contributed by atoms with van der Waals surface area (Å²) >= 11 is 1.26. The van der Waals surface area contributed by atoms with Gasteiger partial charge in [0.05, 0.1) is 12.7 Å². The lowest BCUT2D eigenvalue weighted by Gasteiger charge is -2.05. The van der Waals surface area contributed by atoms with Crippen LogP contribution in [0.5, 0.6) is 0 Å². The quantitative estimate of drug-likeness (QED) is 0.812. The van der Waals surface area contributed by atoms with Crippen molar-refractivity contribution in [3.8, 4) is 0 Å². The summed E-state index contributed by atoms with van der Waals surface area (Å²) in [6.07, 6.45) is 1.48. The summed E-state index contributed by atoms with van der Waals surface area (Å²) in [6.45, 7) is 4.86. The molecule has 0 saturated carbocycles. The second-order valence-corrected chi connectivity index (χ2v) is 7.72. The minimum absolute atomic E-state index is 0.0970. The van der Waals surface area contributed by atoms with Crippen molar-refractivity contribution < 1.29 is 12.9 Å². The van der Waals surface area contributed by atoms with Crippen LogP contribution in [-0.2, 0) is 23.1 Å². The molecule has 0 aliphatic heterocycles. The fraction of sp³-hybridized carbons (Fsp3) is 0.417. The van der Waals surface area contributed by atoms with E-state index in [1.165, 1.54) is 17.5 Å². The largest absolute Gasteiger partial charge is 0.360 e. The third-order valence-electron chi connectivity index (χ3n) is 2.51. The van der Waals surface area contributed by atoms with Gasteiger partial charge in [0, 0.05) is 23.5 Å². The Hall–Kier alpha value is -1.22. The number of aromatic nitrogens is 1. The van der Waals surface area contributed by atoms with Gasteiger partial charge in [-0.25, -0.2) is 13.1 Å². The zero-order valence-electron chi connectivity index (χ0n) is 11.3. The number of hydrogen-bond acceptors (Lipinski definition) is 6. The fourth-order valence-electron chi connectivity index (χ4n) is 1.47. The minimum Gasteiger partial charge on any atom is -0.360 e. The Labute approximate surface area is 122 Å². The predicted molar refractivity (Wildman–Crippen MR) is 76.8 cm³/mol. The second kappa shape index (κ2) is 6.49. The Bertz CT molecular complexity index is 633. The fourth-order valence-corrected chi connectivity index (χ4v) is 3.82. The van der Waals surface area contributed by atoms with E-state index < -0.39 is 10.0 Å². The molecule has 6 nitrogen and oxygen atoms in total. The van der Waals surface area contributed by atoms with Crippen molar-refractivity contribution in [1.82, 2.24) is 15.2 Å². The van der Waals surface area contributed by atoms with Gasteiger partial charge in [-0.1, -0.05) is 19.0 Å². The van der Waals surface area contributed by atoms with Crippen LogP contribution in [0.3, 0.4) is 0 Å². The highest BCUT2D eigenvalue weighted by atomic mass is 32.2. The number of rotatable bonds is 7. The molecule has 0 aliphatic rings. The summed E-state index contributed by atoms with van der Waals surface area (Å²) < 4.78 is 31.8. The first-order valence-corrected chi connectivity index (χ1v) is 8.48. The monoisotopic (exact) mass is 315 g/mol. The molecule has 0 aromatic carbocycles. The molecule has 0 atom stereocenters. The van der Waals surface area contributed by atoms with Crippen LogP contribution in [0.4, 0.5) is 0 Å². The summed E-state index contributed by atoms with van der Waals surface area (Å²) in [4.78, 5) is 0.985. The van der Waals surface area contributed by atoms with Crippen LogP contribution in [0, 0.1) is 0 Å². The van der Waals surface area contributed by atoms with Gasteiger partial charge in [0.1, 0.15) is 4.21 Å². The average Bonchev–Trinajstić information content (AvgIpc) is 3.05. The molecule has 0 aliphatic carbocycles. The van der Waals surface area contributed by atoms with Gasteiger partial charge in [-0.15, -0.1) is 11.3 Å². The molecule has 2 aromatic heterocycles. The lowest BCUT2D eigenvalue weighted by molar-refractivity contribution is 0.380. The van der Waals surface area contributed by atoms with Crippen LogP contribution in [0.15, 0.2) is 33.1 Å². The van der Waals surface area contributed by atoms with Crippen LogP contribution < -0.4 is 10.0 Å². The second-order valence-electron chi connectivity index (χ2n) is 4.56. The summed E-state index contributed by atoms with van der Waals surface area (Å²) in [5.74, 6) is 0.479. The van der Waals surface area contributed by atoms with Crippen LogP contribution in [-0.4, -0.2) is 19.6 Å². The Balaban J connectivity index is 1.98. The molecule has 20 heavy (non-hydrogen) atoms. The van der Waals surface area contributed by atoms with E-state index in [0.29, 0.717) is 22.6 Å². The van der Waals surface area contributed by atoms with Gasteiger partial charge in [-0.05, 0) is 12.1 Å². The van der Waals surface area contributed by atoms with E-state index in [-0.39, 0.29) is 6.54 Å². The summed E-state index contributed by atoms with van der Waals surface area (Å²) in [6, 6.07) is 5.42. The maximum Gasteiger partial charge on any atom is 0.250 e. The molecule has 0 amide bonds. The Kier molecular flexibility index (Phi) is 4.92. The van der Waals surface area contributed by atoms with Gasteiger partial charge in [0.15, 0.2) is 5.76 Å². The lowest BCUT2D eigenvalue weighted by atomic mass is 10.4. The molecular formula is C12H17N3O3S2. The average molecular weight is 315 g/mol. The highest BCUT2D eigenvalue weighted by molar-refractivity contribution is 7.91. The van der Waals surface area contributed by atoms with Crippen molar-refractivity contribution in [3.63, 3.8) is 0 Å². The van der Waals surface area contributed by atoms with Gasteiger partial charge < -0.3 is 9.84 Å².